The summed E-state index contributed by atoms with van der Waals surface area (Å²) in [6.07, 6.45) is 4.06. The summed E-state index contributed by atoms with van der Waals surface area (Å²) in [4.78, 5) is 0. The molecule has 1 radical (unpaired) electrons. The van der Waals surface area contributed by atoms with E-state index in [9.17, 15) is 0 Å². The first-order valence-electron chi connectivity index (χ1n) is 3.92. The highest BCUT2D eigenvalue weighted by Crippen LogP contribution is 2.01. The molecule has 0 aromatic carbocycles. The number of allylic oxidation sites excluding steroid dienone is 1. The summed E-state index contributed by atoms with van der Waals surface area (Å²) in [6, 6.07) is 0. The monoisotopic (exact) mass is 153 g/mol. The number of ether oxygens (including phenoxy) is 1. The van der Waals surface area contributed by atoms with E-state index >= 15 is 0 Å². The van der Waals surface area contributed by atoms with Crippen molar-refractivity contribution >= 4 is 5.90 Å². The molecule has 0 N–H and O–H groups in total. The van der Waals surface area contributed by atoms with Gasteiger partial charge in [-0.1, -0.05) is 13.3 Å². The minimum Gasteiger partial charge on any atom is -0.477 e. The van der Waals surface area contributed by atoms with Crippen LogP contribution in [0.4, 0.5) is 0 Å². The predicted octanol–water partition coefficient (Wildman–Crippen LogP) is 1.64. The molecule has 3 heteroatoms. The van der Waals surface area contributed by atoms with Crippen LogP contribution in [0.2, 0.25) is 0 Å². The molecule has 0 aliphatic carbocycles. The zero-order valence-corrected chi connectivity index (χ0v) is 7.00. The number of hydrogen-bond acceptors (Lipinski definition) is 2. The van der Waals surface area contributed by atoms with Gasteiger partial charge in [-0.25, -0.2) is 0 Å². The van der Waals surface area contributed by atoms with Crippen LogP contribution in [-0.4, -0.2) is 12.5 Å². The maximum absolute atomic E-state index is 5.29. The van der Waals surface area contributed by atoms with E-state index in [0.29, 0.717) is 5.90 Å². The van der Waals surface area contributed by atoms with Gasteiger partial charge in [0.05, 0.1) is 12.3 Å². The van der Waals surface area contributed by atoms with Crippen LogP contribution in [-0.2, 0) is 4.74 Å². The molecule has 0 spiro atoms. The summed E-state index contributed by atoms with van der Waals surface area (Å²) >= 11 is 0. The zero-order valence-electron chi connectivity index (χ0n) is 7.00. The van der Waals surface area contributed by atoms with Gasteiger partial charge >= 0.3 is 0 Å². The lowest BCUT2D eigenvalue weighted by atomic mass is 10.4. The fourth-order valence-corrected chi connectivity index (χ4v) is 0.756. The van der Waals surface area contributed by atoms with Crippen molar-refractivity contribution in [3.63, 3.8) is 0 Å². The van der Waals surface area contributed by atoms with Gasteiger partial charge in [0.15, 0.2) is 0 Å². The van der Waals surface area contributed by atoms with E-state index in [0.717, 1.165) is 25.1 Å². The zero-order chi connectivity index (χ0) is 8.10. The Morgan fingerprint density at radius 3 is 2.91 bits per heavy atom. The highest BCUT2D eigenvalue weighted by molar-refractivity contribution is 5.89. The molecule has 0 fully saturated rings. The van der Waals surface area contributed by atoms with Gasteiger partial charge in [0, 0.05) is 6.08 Å². The molecule has 0 aromatic heterocycles. The van der Waals surface area contributed by atoms with E-state index < -0.39 is 0 Å². The van der Waals surface area contributed by atoms with Crippen LogP contribution in [0.25, 0.3) is 0 Å². The van der Waals surface area contributed by atoms with Gasteiger partial charge in [-0.15, -0.1) is 5.10 Å². The Bertz CT molecular complexity index is 185. The second-order valence-electron chi connectivity index (χ2n) is 2.53. The number of unbranched alkanes of at least 4 members (excludes halogenated alkanes) is 1. The molecule has 0 aromatic rings. The third-order valence-corrected chi connectivity index (χ3v) is 1.39. The molecule has 1 aliphatic rings. The average molecular weight is 153 g/mol. The van der Waals surface area contributed by atoms with E-state index in [1.165, 1.54) is 0 Å². The quantitative estimate of drug-likeness (QED) is 0.568. The molecule has 0 bridgehead atoms. The van der Waals surface area contributed by atoms with E-state index in [1.807, 2.05) is 13.0 Å². The summed E-state index contributed by atoms with van der Waals surface area (Å²) in [5.74, 6) is 0.649. The fraction of sp³-hybridized carbons (Fsp3) is 0.625. The van der Waals surface area contributed by atoms with E-state index in [-0.39, 0.29) is 0 Å². The van der Waals surface area contributed by atoms with Crippen molar-refractivity contribution in [1.29, 1.82) is 0 Å². The Labute approximate surface area is 67.1 Å². The lowest BCUT2D eigenvalue weighted by molar-refractivity contribution is 0.298. The first-order valence-corrected chi connectivity index (χ1v) is 3.92. The molecule has 0 unspecified atom stereocenters. The lowest BCUT2D eigenvalue weighted by Gasteiger charge is -1.99. The standard InChI is InChI=1S/C8H13N2O/c1-3-4-5-11-8-6-7(2)9-10-8/h6H,3-5H2,1-2H3. The molecule has 1 aliphatic heterocycles. The SMILES string of the molecule is CCCCOC1=N[N]C(C)=C1. The van der Waals surface area contributed by atoms with Crippen LogP contribution in [0.1, 0.15) is 26.7 Å². The summed E-state index contributed by atoms with van der Waals surface area (Å²) < 4.78 is 5.29. The van der Waals surface area contributed by atoms with Gasteiger partial charge in [-0.2, -0.15) is 5.43 Å². The second-order valence-corrected chi connectivity index (χ2v) is 2.53. The molecular formula is C8H13N2O. The van der Waals surface area contributed by atoms with Crippen LogP contribution >= 0.6 is 0 Å². The molecular weight excluding hydrogens is 140 g/mol. The Balaban J connectivity index is 2.18. The van der Waals surface area contributed by atoms with Crippen LogP contribution in [0, 0.1) is 0 Å². The second kappa shape index (κ2) is 4.01. The lowest BCUT2D eigenvalue weighted by Crippen LogP contribution is -2.00. The largest absolute Gasteiger partial charge is 0.477 e. The minimum atomic E-state index is 0.649. The third-order valence-electron chi connectivity index (χ3n) is 1.39. The highest BCUT2D eigenvalue weighted by atomic mass is 16.5. The Hall–Kier alpha value is -0.990. The highest BCUT2D eigenvalue weighted by Gasteiger charge is 2.05. The normalized spacial score (nSPS) is 15.5. The molecule has 0 atom stereocenters. The van der Waals surface area contributed by atoms with Crippen LogP contribution in [0.5, 0.6) is 0 Å². The molecule has 1 heterocycles. The van der Waals surface area contributed by atoms with Crippen LogP contribution < -0.4 is 5.43 Å². The average Bonchev–Trinajstić information content (AvgIpc) is 2.37. The van der Waals surface area contributed by atoms with Crippen molar-refractivity contribution in [2.24, 2.45) is 5.10 Å². The smallest absolute Gasteiger partial charge is 0.235 e. The van der Waals surface area contributed by atoms with Crippen molar-refractivity contribution < 1.29 is 4.74 Å². The molecule has 3 nitrogen and oxygen atoms in total. The maximum Gasteiger partial charge on any atom is 0.235 e. The minimum absolute atomic E-state index is 0.649. The molecule has 0 amide bonds. The van der Waals surface area contributed by atoms with E-state index in [1.54, 1.807) is 0 Å². The third kappa shape index (κ3) is 2.62. The van der Waals surface area contributed by atoms with Gasteiger partial charge in [-0.3, -0.25) is 0 Å². The number of hydrogen-bond donors (Lipinski definition) is 0. The van der Waals surface area contributed by atoms with Gasteiger partial charge in [-0.05, 0) is 13.3 Å². The van der Waals surface area contributed by atoms with E-state index in [4.69, 9.17) is 4.74 Å². The summed E-state index contributed by atoms with van der Waals surface area (Å²) in [6.45, 7) is 4.78. The van der Waals surface area contributed by atoms with Crippen molar-refractivity contribution in [3.8, 4) is 0 Å². The van der Waals surface area contributed by atoms with Crippen LogP contribution in [0.3, 0.4) is 0 Å². The van der Waals surface area contributed by atoms with Gasteiger partial charge in [0.1, 0.15) is 0 Å². The Kier molecular flexibility index (Phi) is 2.95. The van der Waals surface area contributed by atoms with Gasteiger partial charge in [0.25, 0.3) is 0 Å². The summed E-state index contributed by atoms with van der Waals surface area (Å²) in [5, 5.41) is 3.82. The maximum atomic E-state index is 5.29. The van der Waals surface area contributed by atoms with Gasteiger partial charge in [0.2, 0.25) is 5.90 Å². The Morgan fingerprint density at radius 1 is 1.55 bits per heavy atom. The molecule has 0 saturated heterocycles. The summed E-state index contributed by atoms with van der Waals surface area (Å²) in [5.41, 5.74) is 4.73. The molecule has 0 saturated carbocycles. The van der Waals surface area contributed by atoms with Crippen molar-refractivity contribution in [1.82, 2.24) is 5.43 Å². The molecule has 61 valence electrons. The molecule has 11 heavy (non-hydrogen) atoms. The first kappa shape index (κ1) is 8.11. The topological polar surface area (TPSA) is 35.7 Å². The Morgan fingerprint density at radius 2 is 2.36 bits per heavy atom. The van der Waals surface area contributed by atoms with Gasteiger partial charge < -0.3 is 4.74 Å². The number of rotatable bonds is 3. The molecule has 1 rings (SSSR count). The van der Waals surface area contributed by atoms with Crippen molar-refractivity contribution in [3.05, 3.63) is 11.8 Å². The fourth-order valence-electron chi connectivity index (χ4n) is 0.756. The predicted molar refractivity (Wildman–Crippen MR) is 44.2 cm³/mol. The van der Waals surface area contributed by atoms with Crippen molar-refractivity contribution in [2.45, 2.75) is 26.7 Å². The summed E-state index contributed by atoms with van der Waals surface area (Å²) in [7, 11) is 0. The first-order chi connectivity index (χ1) is 5.33. The van der Waals surface area contributed by atoms with Crippen LogP contribution in [0.15, 0.2) is 16.9 Å². The number of nitrogens with zero attached hydrogens (tertiary/aromatic N) is 2. The van der Waals surface area contributed by atoms with E-state index in [2.05, 4.69) is 17.5 Å². The van der Waals surface area contributed by atoms with Crippen molar-refractivity contribution in [2.75, 3.05) is 6.61 Å².